The lowest BCUT2D eigenvalue weighted by Crippen LogP contribution is -2.21. The van der Waals surface area contributed by atoms with Gasteiger partial charge in [-0.1, -0.05) is 23.2 Å². The van der Waals surface area contributed by atoms with Gasteiger partial charge in [0.1, 0.15) is 0 Å². The zero-order valence-electron chi connectivity index (χ0n) is 11.0. The number of carbonyl (C=O) groups excluding carboxylic acids is 2. The van der Waals surface area contributed by atoms with E-state index in [4.69, 9.17) is 23.2 Å². The van der Waals surface area contributed by atoms with Crippen LogP contribution in [0.2, 0.25) is 10.0 Å². The Morgan fingerprint density at radius 3 is 2.52 bits per heavy atom. The first kappa shape index (κ1) is 15.3. The summed E-state index contributed by atoms with van der Waals surface area (Å²) in [6, 6.07) is 6.11. The number of aromatic nitrogens is 1. The van der Waals surface area contributed by atoms with Gasteiger partial charge in [0.25, 0.3) is 11.8 Å². The molecule has 0 fully saturated rings. The third kappa shape index (κ3) is 3.51. The molecule has 0 saturated carbocycles. The van der Waals surface area contributed by atoms with Crippen LogP contribution in [0.4, 0.5) is 5.69 Å². The Bertz CT molecular complexity index is 704. The highest BCUT2D eigenvalue weighted by atomic mass is 35.5. The van der Waals surface area contributed by atoms with E-state index < -0.39 is 5.91 Å². The number of amides is 2. The zero-order valence-corrected chi connectivity index (χ0v) is 12.5. The van der Waals surface area contributed by atoms with E-state index in [1.165, 1.54) is 31.6 Å². The van der Waals surface area contributed by atoms with Gasteiger partial charge >= 0.3 is 0 Å². The van der Waals surface area contributed by atoms with E-state index in [0.717, 1.165) is 0 Å². The SMILES string of the molecule is CNC(=O)c1cc(Cl)ccc1NC(=O)c1ccncc1Cl. The Labute approximate surface area is 131 Å². The minimum absolute atomic E-state index is 0.227. The zero-order chi connectivity index (χ0) is 15.4. The van der Waals surface area contributed by atoms with Crippen LogP contribution in [-0.2, 0) is 0 Å². The number of hydrogen-bond acceptors (Lipinski definition) is 3. The van der Waals surface area contributed by atoms with Crippen LogP contribution in [-0.4, -0.2) is 23.8 Å². The molecular formula is C14H11Cl2N3O2. The van der Waals surface area contributed by atoms with Crippen LogP contribution in [0.15, 0.2) is 36.7 Å². The van der Waals surface area contributed by atoms with Crippen LogP contribution < -0.4 is 10.6 Å². The summed E-state index contributed by atoms with van der Waals surface area (Å²) < 4.78 is 0. The molecule has 1 aromatic heterocycles. The number of hydrogen-bond donors (Lipinski definition) is 2. The normalized spacial score (nSPS) is 10.0. The van der Waals surface area contributed by atoms with Gasteiger partial charge in [-0.3, -0.25) is 14.6 Å². The van der Waals surface area contributed by atoms with Crippen molar-refractivity contribution < 1.29 is 9.59 Å². The molecule has 7 heteroatoms. The van der Waals surface area contributed by atoms with Crippen LogP contribution in [0.3, 0.4) is 0 Å². The van der Waals surface area contributed by atoms with E-state index >= 15 is 0 Å². The highest BCUT2D eigenvalue weighted by Gasteiger charge is 2.15. The Kier molecular flexibility index (Phi) is 4.77. The van der Waals surface area contributed by atoms with Crippen molar-refractivity contribution in [3.63, 3.8) is 0 Å². The fraction of sp³-hybridized carbons (Fsp3) is 0.0714. The first-order chi connectivity index (χ1) is 10.0. The lowest BCUT2D eigenvalue weighted by Gasteiger charge is -2.11. The van der Waals surface area contributed by atoms with Crippen LogP contribution >= 0.6 is 23.2 Å². The van der Waals surface area contributed by atoms with Gasteiger partial charge in [0.05, 0.1) is 21.8 Å². The van der Waals surface area contributed by atoms with Crippen LogP contribution in [0.25, 0.3) is 0 Å². The smallest absolute Gasteiger partial charge is 0.257 e. The summed E-state index contributed by atoms with van der Waals surface area (Å²) >= 11 is 11.8. The quantitative estimate of drug-likeness (QED) is 0.912. The molecule has 1 aromatic carbocycles. The molecule has 0 bridgehead atoms. The summed E-state index contributed by atoms with van der Waals surface area (Å²) in [5, 5.41) is 5.75. The van der Waals surface area contributed by atoms with Gasteiger partial charge in [0, 0.05) is 24.5 Å². The van der Waals surface area contributed by atoms with Gasteiger partial charge < -0.3 is 10.6 Å². The van der Waals surface area contributed by atoms with E-state index in [9.17, 15) is 9.59 Å². The second-order valence-electron chi connectivity index (χ2n) is 4.08. The van der Waals surface area contributed by atoms with Crippen molar-refractivity contribution in [1.29, 1.82) is 0 Å². The third-order valence-electron chi connectivity index (χ3n) is 2.72. The van der Waals surface area contributed by atoms with E-state index in [1.54, 1.807) is 12.1 Å². The van der Waals surface area contributed by atoms with E-state index in [-0.39, 0.29) is 22.1 Å². The second-order valence-corrected chi connectivity index (χ2v) is 4.92. The van der Waals surface area contributed by atoms with Crippen molar-refractivity contribution in [2.24, 2.45) is 0 Å². The van der Waals surface area contributed by atoms with Crippen LogP contribution in [0.5, 0.6) is 0 Å². The maximum absolute atomic E-state index is 12.2. The third-order valence-corrected chi connectivity index (χ3v) is 3.25. The van der Waals surface area contributed by atoms with E-state index in [1.807, 2.05) is 0 Å². The molecule has 0 aliphatic heterocycles. The minimum atomic E-state index is -0.435. The number of benzene rings is 1. The summed E-state index contributed by atoms with van der Waals surface area (Å²) in [6.07, 6.45) is 2.83. The first-order valence-electron chi connectivity index (χ1n) is 5.95. The molecule has 108 valence electrons. The fourth-order valence-electron chi connectivity index (χ4n) is 1.70. The number of rotatable bonds is 3. The average molecular weight is 324 g/mol. The molecule has 2 rings (SSSR count). The maximum atomic E-state index is 12.2. The van der Waals surface area contributed by atoms with Crippen molar-refractivity contribution in [2.75, 3.05) is 12.4 Å². The molecule has 21 heavy (non-hydrogen) atoms. The minimum Gasteiger partial charge on any atom is -0.355 e. The molecule has 0 saturated heterocycles. The second kappa shape index (κ2) is 6.56. The van der Waals surface area contributed by atoms with Gasteiger partial charge in [-0.05, 0) is 24.3 Å². The van der Waals surface area contributed by atoms with Gasteiger partial charge in [-0.15, -0.1) is 0 Å². The summed E-state index contributed by atoms with van der Waals surface area (Å²) in [6.45, 7) is 0. The van der Waals surface area contributed by atoms with Crippen molar-refractivity contribution in [3.05, 3.63) is 57.8 Å². The molecular weight excluding hydrogens is 313 g/mol. The Morgan fingerprint density at radius 2 is 1.86 bits per heavy atom. The van der Waals surface area contributed by atoms with Gasteiger partial charge in [-0.2, -0.15) is 0 Å². The number of nitrogens with one attached hydrogen (secondary N) is 2. The summed E-state index contributed by atoms with van der Waals surface area (Å²) in [5.41, 5.74) is 0.879. The Balaban J connectivity index is 2.34. The molecule has 0 radical (unpaired) electrons. The van der Waals surface area contributed by atoms with Crippen LogP contribution in [0, 0.1) is 0 Å². The van der Waals surface area contributed by atoms with Crippen molar-refractivity contribution >= 4 is 40.7 Å². The number of pyridine rings is 1. The number of nitrogens with zero attached hydrogens (tertiary/aromatic N) is 1. The van der Waals surface area contributed by atoms with Gasteiger partial charge in [0.2, 0.25) is 0 Å². The van der Waals surface area contributed by atoms with Crippen molar-refractivity contribution in [3.8, 4) is 0 Å². The molecule has 0 aliphatic carbocycles. The average Bonchev–Trinajstić information content (AvgIpc) is 2.48. The number of halogens is 2. The largest absolute Gasteiger partial charge is 0.355 e. The lowest BCUT2D eigenvalue weighted by molar-refractivity contribution is 0.0964. The highest BCUT2D eigenvalue weighted by molar-refractivity contribution is 6.34. The lowest BCUT2D eigenvalue weighted by atomic mass is 10.1. The molecule has 5 nitrogen and oxygen atoms in total. The molecule has 0 atom stereocenters. The fourth-order valence-corrected chi connectivity index (χ4v) is 2.07. The summed E-state index contributed by atoms with van der Waals surface area (Å²) in [5.74, 6) is -0.788. The van der Waals surface area contributed by atoms with Gasteiger partial charge in [0.15, 0.2) is 0 Å². The Hall–Kier alpha value is -2.11. The molecule has 2 amide bonds. The summed E-state index contributed by atoms with van der Waals surface area (Å²) in [4.78, 5) is 27.8. The number of anilines is 1. The van der Waals surface area contributed by atoms with Crippen molar-refractivity contribution in [1.82, 2.24) is 10.3 Å². The van der Waals surface area contributed by atoms with Crippen LogP contribution in [0.1, 0.15) is 20.7 Å². The molecule has 2 N–H and O–H groups in total. The molecule has 2 aromatic rings. The molecule has 0 aliphatic rings. The molecule has 0 unspecified atom stereocenters. The predicted molar refractivity (Wildman–Crippen MR) is 82.0 cm³/mol. The maximum Gasteiger partial charge on any atom is 0.257 e. The Morgan fingerprint density at radius 1 is 1.10 bits per heavy atom. The van der Waals surface area contributed by atoms with E-state index in [2.05, 4.69) is 15.6 Å². The molecule has 1 heterocycles. The van der Waals surface area contributed by atoms with E-state index in [0.29, 0.717) is 10.7 Å². The summed E-state index contributed by atoms with van der Waals surface area (Å²) in [7, 11) is 1.49. The standard InChI is InChI=1S/C14H11Cl2N3O2/c1-17-13(20)10-6-8(15)2-3-12(10)19-14(21)9-4-5-18-7-11(9)16/h2-7H,1H3,(H,17,20)(H,19,21). The highest BCUT2D eigenvalue weighted by Crippen LogP contribution is 2.22. The molecule has 0 spiro atoms. The number of carbonyl (C=O) groups is 2. The monoisotopic (exact) mass is 323 g/mol. The van der Waals surface area contributed by atoms with Gasteiger partial charge in [-0.25, -0.2) is 0 Å². The predicted octanol–water partition coefficient (Wildman–Crippen LogP) is 3.00. The topological polar surface area (TPSA) is 71.1 Å². The first-order valence-corrected chi connectivity index (χ1v) is 6.71. The van der Waals surface area contributed by atoms with Crippen molar-refractivity contribution in [2.45, 2.75) is 0 Å².